The van der Waals surface area contributed by atoms with E-state index in [1.807, 2.05) is 5.38 Å². The van der Waals surface area contributed by atoms with Crippen LogP contribution in [0.5, 0.6) is 0 Å². The highest BCUT2D eigenvalue weighted by molar-refractivity contribution is 7.07. The van der Waals surface area contributed by atoms with E-state index < -0.39 is 18.0 Å². The molecule has 0 saturated carbocycles. The number of urea groups is 1. The Morgan fingerprint density at radius 1 is 1.61 bits per heavy atom. The van der Waals surface area contributed by atoms with Gasteiger partial charge in [0.2, 0.25) is 0 Å². The number of aliphatic hydroxyl groups is 1. The Morgan fingerprint density at radius 3 is 2.83 bits per heavy atom. The normalized spacial score (nSPS) is 11.9. The van der Waals surface area contributed by atoms with Gasteiger partial charge in [0.1, 0.15) is 6.04 Å². The molecule has 1 heterocycles. The van der Waals surface area contributed by atoms with E-state index in [-0.39, 0.29) is 13.0 Å². The quantitative estimate of drug-likeness (QED) is 0.683. The van der Waals surface area contributed by atoms with Gasteiger partial charge in [-0.05, 0) is 0 Å². The fourth-order valence-corrected chi connectivity index (χ4v) is 1.83. The minimum atomic E-state index is -1.17. The third kappa shape index (κ3) is 4.30. The summed E-state index contributed by atoms with van der Waals surface area (Å²) in [7, 11) is 1.55. The Labute approximate surface area is 108 Å². The Kier molecular flexibility index (Phi) is 5.53. The number of amides is 2. The lowest BCUT2D eigenvalue weighted by Gasteiger charge is -2.20. The van der Waals surface area contributed by atoms with Gasteiger partial charge in [0, 0.05) is 25.5 Å². The maximum Gasteiger partial charge on any atom is 0.326 e. The van der Waals surface area contributed by atoms with Crippen LogP contribution in [0.1, 0.15) is 12.1 Å². The van der Waals surface area contributed by atoms with E-state index >= 15 is 0 Å². The number of thiazole rings is 1. The highest BCUT2D eigenvalue weighted by atomic mass is 32.1. The summed E-state index contributed by atoms with van der Waals surface area (Å²) in [6, 6.07) is -1.59. The molecule has 3 N–H and O–H groups in total. The van der Waals surface area contributed by atoms with Crippen LogP contribution >= 0.6 is 11.3 Å². The van der Waals surface area contributed by atoms with Crippen LogP contribution in [0.4, 0.5) is 4.79 Å². The molecule has 8 heteroatoms. The van der Waals surface area contributed by atoms with E-state index in [0.717, 1.165) is 5.69 Å². The average molecular weight is 273 g/mol. The van der Waals surface area contributed by atoms with Gasteiger partial charge in [-0.25, -0.2) is 14.6 Å². The molecule has 0 bridgehead atoms. The minimum Gasteiger partial charge on any atom is -0.480 e. The number of carboxylic acid groups (broad SMARTS) is 1. The molecule has 1 aromatic heterocycles. The number of nitrogens with one attached hydrogen (secondary N) is 1. The maximum absolute atomic E-state index is 11.7. The zero-order valence-electron chi connectivity index (χ0n) is 9.87. The molecule has 0 fully saturated rings. The molecule has 0 saturated heterocycles. The van der Waals surface area contributed by atoms with Crippen molar-refractivity contribution in [3.63, 3.8) is 0 Å². The van der Waals surface area contributed by atoms with E-state index in [2.05, 4.69) is 10.3 Å². The molecule has 1 atom stereocenters. The number of aliphatic carboxylic acids is 1. The van der Waals surface area contributed by atoms with Gasteiger partial charge in [-0.2, -0.15) is 0 Å². The van der Waals surface area contributed by atoms with Crippen molar-refractivity contribution in [1.82, 2.24) is 15.2 Å². The van der Waals surface area contributed by atoms with E-state index in [1.54, 1.807) is 12.6 Å². The first-order valence-electron chi connectivity index (χ1n) is 5.27. The fourth-order valence-electron chi connectivity index (χ4n) is 1.28. The minimum absolute atomic E-state index is 0.0222. The average Bonchev–Trinajstić information content (AvgIpc) is 2.80. The van der Waals surface area contributed by atoms with Crippen LogP contribution in [0.2, 0.25) is 0 Å². The second-order valence-electron chi connectivity index (χ2n) is 3.69. The number of carbonyl (C=O) groups excluding carboxylic acids is 1. The van der Waals surface area contributed by atoms with Crippen LogP contribution in [-0.4, -0.2) is 51.8 Å². The van der Waals surface area contributed by atoms with Crippen molar-refractivity contribution < 1.29 is 19.8 Å². The Morgan fingerprint density at radius 2 is 2.33 bits per heavy atom. The van der Waals surface area contributed by atoms with Crippen molar-refractivity contribution in [3.05, 3.63) is 16.6 Å². The van der Waals surface area contributed by atoms with E-state index in [1.165, 1.54) is 16.2 Å². The Hall–Kier alpha value is -1.67. The molecule has 18 heavy (non-hydrogen) atoms. The van der Waals surface area contributed by atoms with Crippen molar-refractivity contribution in [2.45, 2.75) is 19.0 Å². The van der Waals surface area contributed by atoms with Crippen molar-refractivity contribution in [1.29, 1.82) is 0 Å². The number of hydrogen-bond acceptors (Lipinski definition) is 5. The first-order chi connectivity index (χ1) is 8.54. The molecule has 0 aliphatic carbocycles. The molecule has 1 rings (SSSR count). The number of carbonyl (C=O) groups is 2. The largest absolute Gasteiger partial charge is 0.480 e. The topological polar surface area (TPSA) is 103 Å². The summed E-state index contributed by atoms with van der Waals surface area (Å²) in [4.78, 5) is 27.9. The summed E-state index contributed by atoms with van der Waals surface area (Å²) < 4.78 is 0. The smallest absolute Gasteiger partial charge is 0.326 e. The molecule has 0 unspecified atom stereocenters. The summed E-state index contributed by atoms with van der Waals surface area (Å²) in [6.45, 7) is 0.00778. The molecule has 0 aromatic carbocycles. The second-order valence-corrected chi connectivity index (χ2v) is 4.41. The van der Waals surface area contributed by atoms with Crippen molar-refractivity contribution >= 4 is 23.3 Å². The molecule has 0 aliphatic heterocycles. The van der Waals surface area contributed by atoms with Crippen LogP contribution in [0, 0.1) is 0 Å². The number of rotatable bonds is 6. The molecular formula is C10H15N3O4S. The van der Waals surface area contributed by atoms with Gasteiger partial charge >= 0.3 is 12.0 Å². The van der Waals surface area contributed by atoms with Crippen LogP contribution in [0.25, 0.3) is 0 Å². The lowest BCUT2D eigenvalue weighted by atomic mass is 10.2. The number of nitrogens with zero attached hydrogens (tertiary/aromatic N) is 2. The summed E-state index contributed by atoms with van der Waals surface area (Å²) in [5.74, 6) is -1.17. The zero-order chi connectivity index (χ0) is 13.5. The number of carboxylic acids is 1. The van der Waals surface area contributed by atoms with Crippen LogP contribution in [-0.2, 0) is 11.3 Å². The Bertz CT molecular complexity index is 396. The molecule has 0 radical (unpaired) electrons. The third-order valence-electron chi connectivity index (χ3n) is 2.24. The summed E-state index contributed by atoms with van der Waals surface area (Å²) in [5.41, 5.74) is 2.40. The summed E-state index contributed by atoms with van der Waals surface area (Å²) >= 11 is 1.42. The van der Waals surface area contributed by atoms with Gasteiger partial charge in [0.25, 0.3) is 0 Å². The van der Waals surface area contributed by atoms with Crippen LogP contribution in [0.3, 0.4) is 0 Å². The van der Waals surface area contributed by atoms with Gasteiger partial charge in [0.05, 0.1) is 17.7 Å². The van der Waals surface area contributed by atoms with Gasteiger partial charge < -0.3 is 20.4 Å². The molecular weight excluding hydrogens is 258 g/mol. The van der Waals surface area contributed by atoms with E-state index in [9.17, 15) is 9.59 Å². The van der Waals surface area contributed by atoms with Gasteiger partial charge in [-0.15, -0.1) is 11.3 Å². The SMILES string of the molecule is CN(Cc1cscn1)C(=O)N[C@@H](CCO)C(=O)O. The van der Waals surface area contributed by atoms with Gasteiger partial charge in [0.15, 0.2) is 0 Å². The van der Waals surface area contributed by atoms with Gasteiger partial charge in [-0.3, -0.25) is 0 Å². The predicted octanol–water partition coefficient (Wildman–Crippen LogP) is 0.120. The summed E-state index contributed by atoms with van der Waals surface area (Å²) in [5, 5.41) is 21.7. The molecule has 100 valence electrons. The number of aliphatic hydroxyl groups excluding tert-OH is 1. The molecule has 0 spiro atoms. The fraction of sp³-hybridized carbons (Fsp3) is 0.500. The van der Waals surface area contributed by atoms with Gasteiger partial charge in [-0.1, -0.05) is 0 Å². The van der Waals surface area contributed by atoms with Crippen LogP contribution < -0.4 is 5.32 Å². The van der Waals surface area contributed by atoms with E-state index in [4.69, 9.17) is 10.2 Å². The van der Waals surface area contributed by atoms with E-state index in [0.29, 0.717) is 6.54 Å². The Balaban J connectivity index is 2.50. The first-order valence-corrected chi connectivity index (χ1v) is 6.21. The number of hydrogen-bond donors (Lipinski definition) is 3. The number of aromatic nitrogens is 1. The molecule has 0 aliphatic rings. The highest BCUT2D eigenvalue weighted by Gasteiger charge is 2.21. The van der Waals surface area contributed by atoms with Crippen molar-refractivity contribution in [2.75, 3.05) is 13.7 Å². The maximum atomic E-state index is 11.7. The monoisotopic (exact) mass is 273 g/mol. The standard InChI is InChI=1S/C10H15N3O4S/c1-13(4-7-5-18-6-11-7)10(17)12-8(2-3-14)9(15)16/h5-6,8,14H,2-4H2,1H3,(H,12,17)(H,15,16)/t8-/m0/s1. The molecule has 7 nitrogen and oxygen atoms in total. The molecule has 1 aromatic rings. The predicted molar refractivity (Wildman–Crippen MR) is 65.2 cm³/mol. The molecule has 2 amide bonds. The summed E-state index contributed by atoms with van der Waals surface area (Å²) in [6.07, 6.45) is -0.0222. The lowest BCUT2D eigenvalue weighted by molar-refractivity contribution is -0.139. The highest BCUT2D eigenvalue weighted by Crippen LogP contribution is 2.04. The lowest BCUT2D eigenvalue weighted by Crippen LogP contribution is -2.46. The van der Waals surface area contributed by atoms with Crippen molar-refractivity contribution in [3.8, 4) is 0 Å². The van der Waals surface area contributed by atoms with Crippen molar-refractivity contribution in [2.24, 2.45) is 0 Å². The van der Waals surface area contributed by atoms with Crippen LogP contribution in [0.15, 0.2) is 10.9 Å². The third-order valence-corrected chi connectivity index (χ3v) is 2.88. The second kappa shape index (κ2) is 6.92. The first kappa shape index (κ1) is 14.4. The zero-order valence-corrected chi connectivity index (χ0v) is 10.7.